The second-order valence-corrected chi connectivity index (χ2v) is 5.45. The highest BCUT2D eigenvalue weighted by Crippen LogP contribution is 2.25. The Morgan fingerprint density at radius 2 is 2.04 bits per heavy atom. The number of anilines is 1. The Morgan fingerprint density at radius 3 is 2.67 bits per heavy atom. The molecule has 1 heterocycles. The Morgan fingerprint density at radius 1 is 1.26 bits per heavy atom. The van der Waals surface area contributed by atoms with Crippen molar-refractivity contribution < 1.29 is 14.2 Å². The highest BCUT2D eigenvalue weighted by atomic mass is 16.6. The molecule has 0 bridgehead atoms. The molecule has 7 heteroatoms. The molecule has 7 nitrogen and oxygen atoms in total. The van der Waals surface area contributed by atoms with Crippen LogP contribution in [0.15, 0.2) is 76.3 Å². The van der Waals surface area contributed by atoms with Crippen LogP contribution in [0.25, 0.3) is 11.3 Å². The van der Waals surface area contributed by atoms with Crippen LogP contribution in [0, 0.1) is 10.1 Å². The molecular weight excluding hydrogens is 346 g/mol. The number of benzene rings is 1. The normalized spacial score (nSPS) is 13.2. The molecule has 2 aromatic rings. The van der Waals surface area contributed by atoms with E-state index in [4.69, 9.17) is 4.52 Å². The molecule has 0 amide bonds. The van der Waals surface area contributed by atoms with E-state index in [0.717, 1.165) is 5.56 Å². The predicted octanol–water partition coefficient (Wildman–Crippen LogP) is 4.74. The number of allylic oxidation sites excluding steroid dienone is 4. The van der Waals surface area contributed by atoms with E-state index in [1.54, 1.807) is 24.3 Å². The lowest BCUT2D eigenvalue weighted by Gasteiger charge is -2.09. The van der Waals surface area contributed by atoms with Crippen LogP contribution in [-0.2, 0) is 4.79 Å². The molecule has 1 aromatic heterocycles. The highest BCUT2D eigenvalue weighted by molar-refractivity contribution is 5.96. The molecule has 140 valence electrons. The molecule has 0 spiro atoms. The largest absolute Gasteiger partial charge is 0.364 e. The predicted molar refractivity (Wildman–Crippen MR) is 103 cm³/mol. The van der Waals surface area contributed by atoms with E-state index in [1.165, 1.54) is 19.3 Å². The van der Waals surface area contributed by atoms with Crippen LogP contribution in [0.5, 0.6) is 0 Å². The van der Waals surface area contributed by atoms with Gasteiger partial charge in [0.2, 0.25) is 0 Å². The van der Waals surface area contributed by atoms with Gasteiger partial charge in [-0.15, -0.1) is 0 Å². The summed E-state index contributed by atoms with van der Waals surface area (Å²) in [5, 5.41) is 18.4. The number of hydrogen-bond donors (Lipinski definition) is 1. The SMILES string of the molecule is CC.CC(=O)C1=CCC=C(Nc2cccc(-c3ccon3)c2)C([N+](=O)[O-])=C1. The van der Waals surface area contributed by atoms with Gasteiger partial charge in [-0.3, -0.25) is 14.9 Å². The lowest BCUT2D eigenvalue weighted by molar-refractivity contribution is -0.420. The molecule has 0 fully saturated rings. The van der Waals surface area contributed by atoms with Gasteiger partial charge in [-0.2, -0.15) is 0 Å². The zero-order chi connectivity index (χ0) is 19.8. The number of nitrogens with one attached hydrogen (secondary N) is 1. The zero-order valence-electron chi connectivity index (χ0n) is 15.4. The summed E-state index contributed by atoms with van der Waals surface area (Å²) in [5.74, 6) is -0.206. The second-order valence-electron chi connectivity index (χ2n) is 5.45. The van der Waals surface area contributed by atoms with Gasteiger partial charge in [0.05, 0.1) is 4.92 Å². The first kappa shape index (κ1) is 19.8. The molecule has 0 aliphatic heterocycles. The second kappa shape index (κ2) is 9.28. The van der Waals surface area contributed by atoms with Crippen molar-refractivity contribution in [3.05, 3.63) is 81.9 Å². The van der Waals surface area contributed by atoms with Crippen LogP contribution in [0.1, 0.15) is 27.2 Å². The molecule has 0 unspecified atom stereocenters. The van der Waals surface area contributed by atoms with E-state index in [-0.39, 0.29) is 11.5 Å². The average molecular weight is 367 g/mol. The van der Waals surface area contributed by atoms with Crippen molar-refractivity contribution in [1.82, 2.24) is 5.16 Å². The minimum atomic E-state index is -0.498. The van der Waals surface area contributed by atoms with Gasteiger partial charge in [-0.25, -0.2) is 0 Å². The first-order chi connectivity index (χ1) is 13.0. The van der Waals surface area contributed by atoms with Gasteiger partial charge in [0, 0.05) is 29.0 Å². The first-order valence-electron chi connectivity index (χ1n) is 8.60. The number of carbonyl (C=O) groups excluding carboxylic acids is 1. The van der Waals surface area contributed by atoms with Crippen molar-refractivity contribution in [2.24, 2.45) is 0 Å². The molecule has 1 aliphatic carbocycles. The van der Waals surface area contributed by atoms with E-state index in [1.807, 2.05) is 32.0 Å². The first-order valence-corrected chi connectivity index (χ1v) is 8.60. The number of rotatable bonds is 5. The molecule has 3 rings (SSSR count). The van der Waals surface area contributed by atoms with Crippen molar-refractivity contribution in [2.45, 2.75) is 27.2 Å². The van der Waals surface area contributed by atoms with Gasteiger partial charge >= 0.3 is 0 Å². The Labute approximate surface area is 157 Å². The topological polar surface area (TPSA) is 98.3 Å². The highest BCUT2D eigenvalue weighted by Gasteiger charge is 2.21. The molecule has 1 aromatic carbocycles. The third kappa shape index (κ3) is 5.01. The summed E-state index contributed by atoms with van der Waals surface area (Å²) in [7, 11) is 0. The van der Waals surface area contributed by atoms with Gasteiger partial charge in [0.25, 0.3) is 5.70 Å². The minimum absolute atomic E-state index is 0.147. The lowest BCUT2D eigenvalue weighted by Crippen LogP contribution is -2.10. The molecule has 27 heavy (non-hydrogen) atoms. The standard InChI is InChI=1S/C18H15N3O4.C2H6/c1-12(22)13-4-3-7-17(18(11-13)21(23)24)19-15-6-2-5-14(10-15)16-8-9-25-20-16;1-2/h2,4-11,19H,3H2,1H3;1-2H3. The average Bonchev–Trinajstić information content (AvgIpc) is 3.11. The van der Waals surface area contributed by atoms with E-state index in [9.17, 15) is 14.9 Å². The number of nitro groups is 1. The number of carbonyl (C=O) groups is 1. The Hall–Kier alpha value is -3.48. The third-order valence-corrected chi connectivity index (χ3v) is 3.71. The molecule has 0 atom stereocenters. The van der Waals surface area contributed by atoms with Crippen molar-refractivity contribution in [2.75, 3.05) is 5.32 Å². The minimum Gasteiger partial charge on any atom is -0.364 e. The fourth-order valence-electron chi connectivity index (χ4n) is 2.48. The Bertz CT molecular complexity index is 909. The Balaban J connectivity index is 0.00000126. The lowest BCUT2D eigenvalue weighted by atomic mass is 10.1. The van der Waals surface area contributed by atoms with Gasteiger partial charge in [-0.05, 0) is 25.5 Å². The molecule has 1 N–H and O–H groups in total. The van der Waals surface area contributed by atoms with Gasteiger partial charge in [0.1, 0.15) is 17.7 Å². The molecular formula is C20H21N3O4. The monoisotopic (exact) mass is 367 g/mol. The number of ketones is 1. The van der Waals surface area contributed by atoms with Crippen molar-refractivity contribution >= 4 is 11.5 Å². The van der Waals surface area contributed by atoms with E-state index in [0.29, 0.717) is 29.1 Å². The van der Waals surface area contributed by atoms with E-state index >= 15 is 0 Å². The molecule has 1 aliphatic rings. The summed E-state index contributed by atoms with van der Waals surface area (Å²) >= 11 is 0. The summed E-state index contributed by atoms with van der Waals surface area (Å²) in [6.45, 7) is 5.39. The Kier molecular flexibility index (Phi) is 6.82. The molecule has 0 saturated carbocycles. The van der Waals surface area contributed by atoms with Crippen LogP contribution >= 0.6 is 0 Å². The van der Waals surface area contributed by atoms with Crippen LogP contribution in [0.3, 0.4) is 0 Å². The fraction of sp³-hybridized carbons (Fsp3) is 0.200. The van der Waals surface area contributed by atoms with Crippen LogP contribution in [-0.4, -0.2) is 15.9 Å². The summed E-state index contributed by atoms with van der Waals surface area (Å²) < 4.78 is 4.84. The summed E-state index contributed by atoms with van der Waals surface area (Å²) in [4.78, 5) is 22.5. The fourth-order valence-corrected chi connectivity index (χ4v) is 2.48. The summed E-state index contributed by atoms with van der Waals surface area (Å²) in [6, 6.07) is 9.03. The van der Waals surface area contributed by atoms with Gasteiger partial charge in [-0.1, -0.05) is 43.3 Å². The van der Waals surface area contributed by atoms with Crippen LogP contribution < -0.4 is 5.32 Å². The smallest absolute Gasteiger partial charge is 0.293 e. The molecule has 0 radical (unpaired) electrons. The van der Waals surface area contributed by atoms with Crippen molar-refractivity contribution in [1.29, 1.82) is 0 Å². The number of nitrogens with zero attached hydrogens (tertiary/aromatic N) is 2. The summed E-state index contributed by atoms with van der Waals surface area (Å²) in [6.07, 6.45) is 6.56. The zero-order valence-corrected chi connectivity index (χ0v) is 15.4. The maximum atomic E-state index is 11.6. The van der Waals surface area contributed by atoms with E-state index in [2.05, 4.69) is 10.5 Å². The third-order valence-electron chi connectivity index (χ3n) is 3.71. The number of Topliss-reactive ketones (excluding diaryl/α,β-unsaturated/α-hetero) is 1. The van der Waals surface area contributed by atoms with Crippen molar-refractivity contribution in [3.8, 4) is 11.3 Å². The summed E-state index contributed by atoms with van der Waals surface area (Å²) in [5.41, 5.74) is 2.69. The maximum Gasteiger partial charge on any atom is 0.293 e. The number of hydrogen-bond acceptors (Lipinski definition) is 6. The van der Waals surface area contributed by atoms with Gasteiger partial charge < -0.3 is 9.84 Å². The van der Waals surface area contributed by atoms with Gasteiger partial charge in [0.15, 0.2) is 5.78 Å². The quantitative estimate of drug-likeness (QED) is 0.605. The van der Waals surface area contributed by atoms with Crippen LogP contribution in [0.2, 0.25) is 0 Å². The van der Waals surface area contributed by atoms with Crippen LogP contribution in [0.4, 0.5) is 5.69 Å². The van der Waals surface area contributed by atoms with Crippen molar-refractivity contribution in [3.63, 3.8) is 0 Å². The molecule has 0 saturated heterocycles. The maximum absolute atomic E-state index is 11.6. The van der Waals surface area contributed by atoms with E-state index < -0.39 is 4.92 Å². The number of aromatic nitrogens is 1.